The first-order valence-electron chi connectivity index (χ1n) is 6.05. The molecule has 3 heteroatoms. The molecule has 0 saturated heterocycles. The van der Waals surface area contributed by atoms with Crippen molar-refractivity contribution < 1.29 is 0 Å². The predicted molar refractivity (Wildman–Crippen MR) is 59.6 cm³/mol. The van der Waals surface area contributed by atoms with E-state index in [9.17, 15) is 0 Å². The number of fused-ring (bicyclic) bond motifs is 1. The van der Waals surface area contributed by atoms with Gasteiger partial charge < -0.3 is 10.3 Å². The van der Waals surface area contributed by atoms with Gasteiger partial charge in [0.15, 0.2) is 0 Å². The molecule has 0 aromatic carbocycles. The third kappa shape index (κ3) is 1.41. The summed E-state index contributed by atoms with van der Waals surface area (Å²) in [5.41, 5.74) is 7.87. The van der Waals surface area contributed by atoms with Crippen LogP contribution in [0.2, 0.25) is 0 Å². The number of rotatable bonds is 2. The molecule has 1 aromatic heterocycles. The Kier molecular flexibility index (Phi) is 1.93. The highest BCUT2D eigenvalue weighted by molar-refractivity contribution is 5.14. The topological polar surface area (TPSA) is 43.8 Å². The van der Waals surface area contributed by atoms with E-state index in [0.717, 1.165) is 19.4 Å². The van der Waals surface area contributed by atoms with E-state index in [1.165, 1.54) is 30.8 Å². The zero-order valence-electron chi connectivity index (χ0n) is 9.37. The minimum Gasteiger partial charge on any atom is -0.332 e. The van der Waals surface area contributed by atoms with Crippen molar-refractivity contribution in [3.8, 4) is 0 Å². The number of hydrogen-bond donors (Lipinski definition) is 1. The van der Waals surface area contributed by atoms with Crippen molar-refractivity contribution in [3.63, 3.8) is 0 Å². The molecule has 3 rings (SSSR count). The second-order valence-corrected chi connectivity index (χ2v) is 5.09. The number of imidazole rings is 1. The molecule has 0 spiro atoms. The first-order valence-corrected chi connectivity index (χ1v) is 6.05. The second kappa shape index (κ2) is 3.08. The lowest BCUT2D eigenvalue weighted by Crippen LogP contribution is -2.37. The SMILES string of the molecule is CCc1ncc2n1CCC(C1(N)CC1)C2. The summed E-state index contributed by atoms with van der Waals surface area (Å²) in [6.45, 7) is 3.30. The quantitative estimate of drug-likeness (QED) is 0.795. The molecule has 0 radical (unpaired) electrons. The zero-order chi connectivity index (χ0) is 10.5. The molecular weight excluding hydrogens is 186 g/mol. The standard InChI is InChI=1S/C12H19N3/c1-2-11-14-8-10-7-9(3-6-15(10)11)12(13)4-5-12/h8-9H,2-7,13H2,1H3. The molecule has 1 aliphatic carbocycles. The van der Waals surface area contributed by atoms with E-state index in [1.54, 1.807) is 0 Å². The number of nitrogens with zero attached hydrogens (tertiary/aromatic N) is 2. The lowest BCUT2D eigenvalue weighted by atomic mass is 9.87. The fourth-order valence-corrected chi connectivity index (χ4v) is 2.85. The molecule has 2 aliphatic rings. The first kappa shape index (κ1) is 9.40. The second-order valence-electron chi connectivity index (χ2n) is 5.09. The largest absolute Gasteiger partial charge is 0.332 e. The van der Waals surface area contributed by atoms with Gasteiger partial charge in [-0.15, -0.1) is 0 Å². The van der Waals surface area contributed by atoms with E-state index in [0.29, 0.717) is 5.92 Å². The maximum absolute atomic E-state index is 6.29. The Morgan fingerprint density at radius 2 is 2.40 bits per heavy atom. The molecule has 15 heavy (non-hydrogen) atoms. The Balaban J connectivity index is 1.84. The molecule has 1 aromatic rings. The van der Waals surface area contributed by atoms with Gasteiger partial charge in [0.1, 0.15) is 5.82 Å². The van der Waals surface area contributed by atoms with Crippen LogP contribution in [-0.4, -0.2) is 15.1 Å². The Bertz CT molecular complexity index is 376. The Hall–Kier alpha value is -0.830. The van der Waals surface area contributed by atoms with Crippen molar-refractivity contribution in [2.75, 3.05) is 0 Å². The maximum Gasteiger partial charge on any atom is 0.108 e. The van der Waals surface area contributed by atoms with E-state index >= 15 is 0 Å². The van der Waals surface area contributed by atoms with Crippen molar-refractivity contribution in [1.29, 1.82) is 0 Å². The lowest BCUT2D eigenvalue weighted by Gasteiger charge is -2.29. The molecule has 1 fully saturated rings. The normalized spacial score (nSPS) is 27.5. The average Bonchev–Trinajstić information content (AvgIpc) is 2.88. The third-order valence-corrected chi connectivity index (χ3v) is 4.13. The molecule has 82 valence electrons. The summed E-state index contributed by atoms with van der Waals surface area (Å²) >= 11 is 0. The highest BCUT2D eigenvalue weighted by atomic mass is 15.1. The summed E-state index contributed by atoms with van der Waals surface area (Å²) in [6.07, 6.45) is 7.93. The van der Waals surface area contributed by atoms with E-state index in [2.05, 4.69) is 22.7 Å². The molecule has 1 aliphatic heterocycles. The van der Waals surface area contributed by atoms with Gasteiger partial charge in [0, 0.05) is 30.4 Å². The summed E-state index contributed by atoms with van der Waals surface area (Å²) in [6, 6.07) is 0. The van der Waals surface area contributed by atoms with Crippen molar-refractivity contribution in [2.24, 2.45) is 11.7 Å². The van der Waals surface area contributed by atoms with Crippen LogP contribution in [-0.2, 0) is 19.4 Å². The fourth-order valence-electron chi connectivity index (χ4n) is 2.85. The monoisotopic (exact) mass is 205 g/mol. The maximum atomic E-state index is 6.29. The molecule has 1 unspecified atom stereocenters. The molecule has 2 N–H and O–H groups in total. The highest BCUT2D eigenvalue weighted by Crippen LogP contribution is 2.44. The van der Waals surface area contributed by atoms with Crippen LogP contribution in [0.15, 0.2) is 6.20 Å². The fraction of sp³-hybridized carbons (Fsp3) is 0.750. The number of aryl methyl sites for hydroxylation is 1. The van der Waals surface area contributed by atoms with E-state index in [4.69, 9.17) is 5.73 Å². The Morgan fingerprint density at radius 1 is 1.60 bits per heavy atom. The van der Waals surface area contributed by atoms with Crippen molar-refractivity contribution in [1.82, 2.24) is 9.55 Å². The van der Waals surface area contributed by atoms with Crippen LogP contribution >= 0.6 is 0 Å². The van der Waals surface area contributed by atoms with Crippen molar-refractivity contribution in [3.05, 3.63) is 17.7 Å². The lowest BCUT2D eigenvalue weighted by molar-refractivity contribution is 0.313. The summed E-state index contributed by atoms with van der Waals surface area (Å²) in [5.74, 6) is 1.94. The number of hydrogen-bond acceptors (Lipinski definition) is 2. The first-order chi connectivity index (χ1) is 7.23. The smallest absolute Gasteiger partial charge is 0.108 e. The molecule has 2 heterocycles. The van der Waals surface area contributed by atoms with E-state index in [-0.39, 0.29) is 5.54 Å². The molecule has 3 nitrogen and oxygen atoms in total. The van der Waals surface area contributed by atoms with E-state index in [1.807, 2.05) is 0 Å². The van der Waals surface area contributed by atoms with Crippen LogP contribution in [0.1, 0.15) is 37.7 Å². The molecule has 1 atom stereocenters. The van der Waals surface area contributed by atoms with Crippen LogP contribution in [0.4, 0.5) is 0 Å². The zero-order valence-corrected chi connectivity index (χ0v) is 9.37. The van der Waals surface area contributed by atoms with Gasteiger partial charge in [0.25, 0.3) is 0 Å². The van der Waals surface area contributed by atoms with Gasteiger partial charge in [0.05, 0.1) is 0 Å². The van der Waals surface area contributed by atoms with Gasteiger partial charge in [-0.05, 0) is 31.6 Å². The minimum absolute atomic E-state index is 0.182. The molecule has 0 bridgehead atoms. The highest BCUT2D eigenvalue weighted by Gasteiger charge is 2.46. The summed E-state index contributed by atoms with van der Waals surface area (Å²) < 4.78 is 2.39. The van der Waals surface area contributed by atoms with Gasteiger partial charge >= 0.3 is 0 Å². The number of aromatic nitrogens is 2. The molecule has 0 amide bonds. The van der Waals surface area contributed by atoms with Crippen LogP contribution in [0, 0.1) is 5.92 Å². The van der Waals surface area contributed by atoms with Gasteiger partial charge in [-0.3, -0.25) is 0 Å². The predicted octanol–water partition coefficient (Wildman–Crippen LogP) is 1.50. The summed E-state index contributed by atoms with van der Waals surface area (Å²) in [7, 11) is 0. The van der Waals surface area contributed by atoms with Crippen LogP contribution in [0.3, 0.4) is 0 Å². The van der Waals surface area contributed by atoms with Gasteiger partial charge in [0.2, 0.25) is 0 Å². The summed E-state index contributed by atoms with van der Waals surface area (Å²) in [5, 5.41) is 0. The van der Waals surface area contributed by atoms with Crippen molar-refractivity contribution >= 4 is 0 Å². The van der Waals surface area contributed by atoms with Crippen LogP contribution < -0.4 is 5.73 Å². The van der Waals surface area contributed by atoms with E-state index < -0.39 is 0 Å². The summed E-state index contributed by atoms with van der Waals surface area (Å²) in [4.78, 5) is 4.48. The molecular formula is C12H19N3. The van der Waals surface area contributed by atoms with Gasteiger partial charge in [-0.25, -0.2) is 4.98 Å². The Morgan fingerprint density at radius 3 is 3.07 bits per heavy atom. The Labute approximate surface area is 90.7 Å². The number of nitrogens with two attached hydrogens (primary N) is 1. The van der Waals surface area contributed by atoms with Crippen molar-refractivity contribution in [2.45, 2.75) is 51.1 Å². The molecule has 1 saturated carbocycles. The average molecular weight is 205 g/mol. The third-order valence-electron chi connectivity index (χ3n) is 4.13. The van der Waals surface area contributed by atoms with Gasteiger partial charge in [-0.1, -0.05) is 6.92 Å². The van der Waals surface area contributed by atoms with Gasteiger partial charge in [-0.2, -0.15) is 0 Å². The van der Waals surface area contributed by atoms with Crippen LogP contribution in [0.25, 0.3) is 0 Å². The minimum atomic E-state index is 0.182. The van der Waals surface area contributed by atoms with Crippen LogP contribution in [0.5, 0.6) is 0 Å².